The minimum absolute atomic E-state index is 0.462. The van der Waals surface area contributed by atoms with E-state index in [9.17, 15) is 0 Å². The fourth-order valence-electron chi connectivity index (χ4n) is 2.03. The largest absolute Gasteiger partial charge is 0.379 e. The summed E-state index contributed by atoms with van der Waals surface area (Å²) in [5, 5.41) is 0. The van der Waals surface area contributed by atoms with Crippen LogP contribution in [0.5, 0.6) is 0 Å². The van der Waals surface area contributed by atoms with Gasteiger partial charge in [0.05, 0.1) is 6.10 Å². The van der Waals surface area contributed by atoms with Gasteiger partial charge in [0.15, 0.2) is 0 Å². The van der Waals surface area contributed by atoms with Crippen molar-refractivity contribution in [3.63, 3.8) is 0 Å². The monoisotopic (exact) mass is 184 g/mol. The molecule has 0 amide bonds. The minimum atomic E-state index is 0.462. The molecule has 0 aromatic heterocycles. The van der Waals surface area contributed by atoms with E-state index >= 15 is 0 Å². The molecule has 0 aromatic rings. The SMILES string of the molecule is CCC(C)OCCC1CCCCC1. The van der Waals surface area contributed by atoms with Gasteiger partial charge in [0.25, 0.3) is 0 Å². The first-order chi connectivity index (χ1) is 6.33. The van der Waals surface area contributed by atoms with Gasteiger partial charge in [0.1, 0.15) is 0 Å². The summed E-state index contributed by atoms with van der Waals surface area (Å²) in [5.41, 5.74) is 0. The lowest BCUT2D eigenvalue weighted by molar-refractivity contribution is 0.0511. The van der Waals surface area contributed by atoms with Gasteiger partial charge in [-0.15, -0.1) is 0 Å². The van der Waals surface area contributed by atoms with Gasteiger partial charge in [-0.3, -0.25) is 0 Å². The summed E-state index contributed by atoms with van der Waals surface area (Å²) in [7, 11) is 0. The second kappa shape index (κ2) is 6.42. The third kappa shape index (κ3) is 4.66. The molecular formula is C12H24O. The molecule has 0 radical (unpaired) electrons. The van der Waals surface area contributed by atoms with Gasteiger partial charge in [-0.05, 0) is 25.7 Å². The molecule has 0 aliphatic heterocycles. The summed E-state index contributed by atoms with van der Waals surface area (Å²) in [6.07, 6.45) is 10.2. The fourth-order valence-corrected chi connectivity index (χ4v) is 2.03. The van der Waals surface area contributed by atoms with Crippen molar-refractivity contribution in [1.29, 1.82) is 0 Å². The van der Waals surface area contributed by atoms with Crippen LogP contribution in [-0.4, -0.2) is 12.7 Å². The van der Waals surface area contributed by atoms with E-state index in [4.69, 9.17) is 4.74 Å². The molecular weight excluding hydrogens is 160 g/mol. The second-order valence-corrected chi connectivity index (χ2v) is 4.38. The Morgan fingerprint density at radius 3 is 2.54 bits per heavy atom. The Morgan fingerprint density at radius 1 is 1.23 bits per heavy atom. The van der Waals surface area contributed by atoms with Crippen molar-refractivity contribution in [3.05, 3.63) is 0 Å². The normalized spacial score (nSPS) is 21.7. The van der Waals surface area contributed by atoms with Gasteiger partial charge in [-0.1, -0.05) is 39.0 Å². The minimum Gasteiger partial charge on any atom is -0.379 e. The lowest BCUT2D eigenvalue weighted by atomic mass is 9.87. The highest BCUT2D eigenvalue weighted by molar-refractivity contribution is 4.65. The molecule has 13 heavy (non-hydrogen) atoms. The quantitative estimate of drug-likeness (QED) is 0.632. The molecule has 0 spiro atoms. The van der Waals surface area contributed by atoms with Crippen LogP contribution in [0.2, 0.25) is 0 Å². The van der Waals surface area contributed by atoms with E-state index in [1.54, 1.807) is 0 Å². The molecule has 0 bridgehead atoms. The van der Waals surface area contributed by atoms with Crippen molar-refractivity contribution in [2.24, 2.45) is 5.92 Å². The van der Waals surface area contributed by atoms with E-state index in [1.165, 1.54) is 38.5 Å². The van der Waals surface area contributed by atoms with Crippen LogP contribution in [0.1, 0.15) is 58.8 Å². The van der Waals surface area contributed by atoms with Gasteiger partial charge in [0, 0.05) is 6.61 Å². The third-order valence-corrected chi connectivity index (χ3v) is 3.23. The summed E-state index contributed by atoms with van der Waals surface area (Å²) >= 11 is 0. The molecule has 1 rings (SSSR count). The topological polar surface area (TPSA) is 9.23 Å². The molecule has 1 aliphatic rings. The smallest absolute Gasteiger partial charge is 0.0544 e. The molecule has 1 saturated carbocycles. The number of hydrogen-bond donors (Lipinski definition) is 0. The maximum atomic E-state index is 5.69. The summed E-state index contributed by atoms with van der Waals surface area (Å²) < 4.78 is 5.69. The Balaban J connectivity index is 1.98. The zero-order valence-electron chi connectivity index (χ0n) is 9.22. The first kappa shape index (κ1) is 11.0. The molecule has 1 unspecified atom stereocenters. The highest BCUT2D eigenvalue weighted by atomic mass is 16.5. The highest BCUT2D eigenvalue weighted by Crippen LogP contribution is 2.26. The van der Waals surface area contributed by atoms with Gasteiger partial charge >= 0.3 is 0 Å². The van der Waals surface area contributed by atoms with Crippen LogP contribution in [-0.2, 0) is 4.74 Å². The van der Waals surface area contributed by atoms with E-state index in [2.05, 4.69) is 13.8 Å². The van der Waals surface area contributed by atoms with Crippen LogP contribution in [0, 0.1) is 5.92 Å². The van der Waals surface area contributed by atoms with Gasteiger partial charge in [-0.25, -0.2) is 0 Å². The fraction of sp³-hybridized carbons (Fsp3) is 1.00. The molecule has 1 nitrogen and oxygen atoms in total. The second-order valence-electron chi connectivity index (χ2n) is 4.38. The van der Waals surface area contributed by atoms with Gasteiger partial charge in [0.2, 0.25) is 0 Å². The first-order valence-corrected chi connectivity index (χ1v) is 5.94. The van der Waals surface area contributed by atoms with Crippen molar-refractivity contribution >= 4 is 0 Å². The highest BCUT2D eigenvalue weighted by Gasteiger charge is 2.13. The molecule has 0 N–H and O–H groups in total. The van der Waals surface area contributed by atoms with Crippen molar-refractivity contribution < 1.29 is 4.74 Å². The predicted octanol–water partition coefficient (Wildman–Crippen LogP) is 3.77. The van der Waals surface area contributed by atoms with Crippen LogP contribution >= 0.6 is 0 Å². The van der Waals surface area contributed by atoms with E-state index < -0.39 is 0 Å². The average molecular weight is 184 g/mol. The van der Waals surface area contributed by atoms with E-state index in [0.717, 1.165) is 18.9 Å². The summed E-state index contributed by atoms with van der Waals surface area (Å²) in [6.45, 7) is 5.34. The average Bonchev–Trinajstić information content (AvgIpc) is 2.19. The standard InChI is InChI=1S/C12H24O/c1-3-11(2)13-10-9-12-7-5-4-6-8-12/h11-12H,3-10H2,1-2H3. The van der Waals surface area contributed by atoms with E-state index in [1.807, 2.05) is 0 Å². The Labute approximate surface area is 82.9 Å². The maximum absolute atomic E-state index is 5.69. The maximum Gasteiger partial charge on any atom is 0.0544 e. The molecule has 1 atom stereocenters. The van der Waals surface area contributed by atoms with Crippen LogP contribution in [0.15, 0.2) is 0 Å². The predicted molar refractivity (Wildman–Crippen MR) is 56.9 cm³/mol. The molecule has 1 aliphatic carbocycles. The van der Waals surface area contributed by atoms with Crippen molar-refractivity contribution in [3.8, 4) is 0 Å². The Bertz CT molecular complexity index is 116. The van der Waals surface area contributed by atoms with Crippen molar-refractivity contribution in [1.82, 2.24) is 0 Å². The summed E-state index contributed by atoms with van der Waals surface area (Å²) in [4.78, 5) is 0. The van der Waals surface area contributed by atoms with Crippen LogP contribution in [0.25, 0.3) is 0 Å². The van der Waals surface area contributed by atoms with Crippen molar-refractivity contribution in [2.75, 3.05) is 6.61 Å². The molecule has 0 heterocycles. The third-order valence-electron chi connectivity index (χ3n) is 3.23. The first-order valence-electron chi connectivity index (χ1n) is 5.94. The zero-order valence-corrected chi connectivity index (χ0v) is 9.22. The molecule has 78 valence electrons. The van der Waals surface area contributed by atoms with Crippen molar-refractivity contribution in [2.45, 2.75) is 64.9 Å². The molecule has 1 heteroatoms. The van der Waals surface area contributed by atoms with Gasteiger partial charge in [-0.2, -0.15) is 0 Å². The summed E-state index contributed by atoms with van der Waals surface area (Å²) in [6, 6.07) is 0. The Kier molecular flexibility index (Phi) is 5.45. The Hall–Kier alpha value is -0.0400. The molecule has 0 aromatic carbocycles. The van der Waals surface area contributed by atoms with E-state index in [-0.39, 0.29) is 0 Å². The van der Waals surface area contributed by atoms with Crippen LogP contribution in [0.4, 0.5) is 0 Å². The van der Waals surface area contributed by atoms with Gasteiger partial charge < -0.3 is 4.74 Å². The zero-order chi connectivity index (χ0) is 9.52. The number of ether oxygens (including phenoxy) is 1. The molecule has 1 fully saturated rings. The van der Waals surface area contributed by atoms with E-state index in [0.29, 0.717) is 6.10 Å². The summed E-state index contributed by atoms with van der Waals surface area (Å²) in [5.74, 6) is 0.970. The van der Waals surface area contributed by atoms with Crippen LogP contribution < -0.4 is 0 Å². The lowest BCUT2D eigenvalue weighted by Gasteiger charge is -2.22. The number of rotatable bonds is 5. The van der Waals surface area contributed by atoms with Crippen LogP contribution in [0.3, 0.4) is 0 Å². The lowest BCUT2D eigenvalue weighted by Crippen LogP contribution is -2.13. The number of hydrogen-bond acceptors (Lipinski definition) is 1. The molecule has 0 saturated heterocycles. The Morgan fingerprint density at radius 2 is 1.92 bits per heavy atom.